The summed E-state index contributed by atoms with van der Waals surface area (Å²) >= 11 is 0. The van der Waals surface area contributed by atoms with Crippen LogP contribution in [0.4, 0.5) is 0 Å². The zero-order valence-electron chi connectivity index (χ0n) is 13.2. The number of hydrogen-bond acceptors (Lipinski definition) is 4. The second-order valence-electron chi connectivity index (χ2n) is 6.08. The van der Waals surface area contributed by atoms with Gasteiger partial charge in [0, 0.05) is 13.1 Å². The van der Waals surface area contributed by atoms with Gasteiger partial charge in [-0.3, -0.25) is 0 Å². The largest absolute Gasteiger partial charge is 0.392 e. The molecule has 0 aromatic rings. The molecule has 4 heteroatoms. The van der Waals surface area contributed by atoms with Crippen LogP contribution >= 0.6 is 0 Å². The van der Waals surface area contributed by atoms with Crippen molar-refractivity contribution in [1.29, 1.82) is 0 Å². The molecule has 0 spiro atoms. The monoisotopic (exact) mass is 287 g/mol. The number of ether oxygens (including phenoxy) is 1. The van der Waals surface area contributed by atoms with Gasteiger partial charge in [-0.05, 0) is 25.2 Å². The smallest absolute Gasteiger partial charge is 0.0897 e. The molecule has 0 aromatic carbocycles. The second-order valence-corrected chi connectivity index (χ2v) is 6.08. The summed E-state index contributed by atoms with van der Waals surface area (Å²) in [6.07, 6.45) is 7.45. The van der Waals surface area contributed by atoms with E-state index >= 15 is 0 Å². The lowest BCUT2D eigenvalue weighted by molar-refractivity contribution is -0.0502. The van der Waals surface area contributed by atoms with Crippen LogP contribution in [0.15, 0.2) is 0 Å². The van der Waals surface area contributed by atoms with Crippen molar-refractivity contribution in [3.05, 3.63) is 0 Å². The number of hydrogen-bond donors (Lipinski definition) is 3. The van der Waals surface area contributed by atoms with Crippen molar-refractivity contribution in [3.8, 4) is 0 Å². The van der Waals surface area contributed by atoms with Crippen molar-refractivity contribution >= 4 is 0 Å². The van der Waals surface area contributed by atoms with E-state index in [9.17, 15) is 10.2 Å². The summed E-state index contributed by atoms with van der Waals surface area (Å²) < 4.78 is 5.90. The van der Waals surface area contributed by atoms with Crippen molar-refractivity contribution in [2.75, 3.05) is 19.7 Å². The summed E-state index contributed by atoms with van der Waals surface area (Å²) in [7, 11) is 0. The molecule has 4 atom stereocenters. The Hall–Kier alpha value is -0.160. The molecule has 4 unspecified atom stereocenters. The van der Waals surface area contributed by atoms with Gasteiger partial charge in [-0.15, -0.1) is 0 Å². The molecule has 1 rings (SSSR count). The Kier molecular flexibility index (Phi) is 9.44. The molecule has 3 N–H and O–H groups in total. The Balaban J connectivity index is 2.11. The van der Waals surface area contributed by atoms with Gasteiger partial charge in [-0.1, -0.05) is 39.5 Å². The average molecular weight is 287 g/mol. The molecule has 0 saturated heterocycles. The predicted molar refractivity (Wildman–Crippen MR) is 81.8 cm³/mol. The first kappa shape index (κ1) is 17.9. The Morgan fingerprint density at radius 3 is 2.50 bits per heavy atom. The number of aliphatic hydroxyl groups is 2. The van der Waals surface area contributed by atoms with E-state index in [0.29, 0.717) is 31.7 Å². The van der Waals surface area contributed by atoms with Crippen LogP contribution in [-0.4, -0.2) is 48.2 Å². The van der Waals surface area contributed by atoms with Gasteiger partial charge in [-0.2, -0.15) is 0 Å². The van der Waals surface area contributed by atoms with Crippen molar-refractivity contribution in [2.24, 2.45) is 5.92 Å². The highest BCUT2D eigenvalue weighted by atomic mass is 16.5. The summed E-state index contributed by atoms with van der Waals surface area (Å²) in [5, 5.41) is 22.6. The Labute approximate surface area is 123 Å². The molecule has 4 nitrogen and oxygen atoms in total. The van der Waals surface area contributed by atoms with Gasteiger partial charge >= 0.3 is 0 Å². The molecular formula is C16H33NO3. The van der Waals surface area contributed by atoms with Crippen LogP contribution in [-0.2, 0) is 4.74 Å². The number of rotatable bonds is 10. The molecular weight excluding hydrogens is 254 g/mol. The predicted octanol–water partition coefficient (Wildman–Crippen LogP) is 2.08. The minimum absolute atomic E-state index is 0.309. The Bertz CT molecular complexity index is 238. The van der Waals surface area contributed by atoms with E-state index in [1.165, 1.54) is 25.7 Å². The maximum Gasteiger partial charge on any atom is 0.0897 e. The highest BCUT2D eigenvalue weighted by Crippen LogP contribution is 2.29. The van der Waals surface area contributed by atoms with E-state index in [0.717, 1.165) is 19.3 Å². The maximum absolute atomic E-state index is 9.91. The third-order valence-corrected chi connectivity index (χ3v) is 4.25. The van der Waals surface area contributed by atoms with Crippen molar-refractivity contribution in [3.63, 3.8) is 0 Å². The summed E-state index contributed by atoms with van der Waals surface area (Å²) in [5.41, 5.74) is 0. The summed E-state index contributed by atoms with van der Waals surface area (Å²) in [4.78, 5) is 0. The third kappa shape index (κ3) is 7.02. The van der Waals surface area contributed by atoms with Gasteiger partial charge in [0.2, 0.25) is 0 Å². The summed E-state index contributed by atoms with van der Waals surface area (Å²) in [5.74, 6) is 0.662. The molecule has 120 valence electrons. The lowest BCUT2D eigenvalue weighted by atomic mass is 9.85. The normalized spacial score (nSPS) is 26.4. The topological polar surface area (TPSA) is 61.7 Å². The quantitative estimate of drug-likeness (QED) is 0.576. The first-order chi connectivity index (χ1) is 9.67. The molecule has 1 aliphatic rings. The molecule has 0 radical (unpaired) electrons. The van der Waals surface area contributed by atoms with Crippen LogP contribution < -0.4 is 5.32 Å². The number of nitrogens with one attached hydrogen (secondary N) is 1. The Morgan fingerprint density at radius 1 is 1.10 bits per heavy atom. The van der Waals surface area contributed by atoms with Crippen LogP contribution in [0.5, 0.6) is 0 Å². The van der Waals surface area contributed by atoms with E-state index in [-0.39, 0.29) is 6.10 Å². The molecule has 1 aliphatic carbocycles. The van der Waals surface area contributed by atoms with Crippen LogP contribution in [0.1, 0.15) is 58.8 Å². The minimum atomic E-state index is -0.483. The first-order valence-electron chi connectivity index (χ1n) is 8.35. The van der Waals surface area contributed by atoms with Crippen LogP contribution in [0.2, 0.25) is 0 Å². The van der Waals surface area contributed by atoms with Gasteiger partial charge in [0.1, 0.15) is 0 Å². The van der Waals surface area contributed by atoms with Gasteiger partial charge < -0.3 is 20.3 Å². The minimum Gasteiger partial charge on any atom is -0.392 e. The Morgan fingerprint density at radius 2 is 1.80 bits per heavy atom. The van der Waals surface area contributed by atoms with Crippen molar-refractivity contribution in [2.45, 2.75) is 77.1 Å². The molecule has 0 bridgehead atoms. The van der Waals surface area contributed by atoms with Gasteiger partial charge in [-0.25, -0.2) is 0 Å². The lowest BCUT2D eigenvalue weighted by Crippen LogP contribution is -2.37. The summed E-state index contributed by atoms with van der Waals surface area (Å²) in [6, 6.07) is 0. The highest BCUT2D eigenvalue weighted by molar-refractivity contribution is 4.75. The first-order valence-corrected chi connectivity index (χ1v) is 8.35. The summed E-state index contributed by atoms with van der Waals surface area (Å²) in [6.45, 7) is 5.72. The van der Waals surface area contributed by atoms with E-state index in [2.05, 4.69) is 19.2 Å². The molecule has 0 aromatic heterocycles. The van der Waals surface area contributed by atoms with Gasteiger partial charge in [0.25, 0.3) is 0 Å². The highest BCUT2D eigenvalue weighted by Gasteiger charge is 2.24. The van der Waals surface area contributed by atoms with E-state index in [4.69, 9.17) is 4.74 Å². The van der Waals surface area contributed by atoms with Crippen LogP contribution in [0, 0.1) is 5.92 Å². The third-order valence-electron chi connectivity index (χ3n) is 4.25. The maximum atomic E-state index is 9.91. The zero-order valence-corrected chi connectivity index (χ0v) is 13.2. The fourth-order valence-electron chi connectivity index (χ4n) is 3.01. The second kappa shape index (κ2) is 10.6. The standard InChI is InChI=1S/C16H33NO3/c1-3-7-14(18)10-17-11-15(19)12-20-16-9-6-5-8-13(16)4-2/h13-19H,3-12H2,1-2H3. The molecule has 0 amide bonds. The molecule has 20 heavy (non-hydrogen) atoms. The molecule has 0 heterocycles. The molecule has 0 aliphatic heterocycles. The zero-order chi connectivity index (χ0) is 14.8. The van der Waals surface area contributed by atoms with Gasteiger partial charge in [0.05, 0.1) is 24.9 Å². The number of aliphatic hydroxyl groups excluding tert-OH is 2. The fourth-order valence-corrected chi connectivity index (χ4v) is 3.01. The molecule has 1 saturated carbocycles. The van der Waals surface area contributed by atoms with Crippen molar-refractivity contribution in [1.82, 2.24) is 5.32 Å². The van der Waals surface area contributed by atoms with Crippen LogP contribution in [0.3, 0.4) is 0 Å². The van der Waals surface area contributed by atoms with Gasteiger partial charge in [0.15, 0.2) is 0 Å². The van der Waals surface area contributed by atoms with Crippen molar-refractivity contribution < 1.29 is 14.9 Å². The molecule has 1 fully saturated rings. The SMILES string of the molecule is CCCC(O)CNCC(O)COC1CCCCC1CC. The van der Waals surface area contributed by atoms with E-state index in [1.54, 1.807) is 0 Å². The fraction of sp³-hybridized carbons (Fsp3) is 1.00. The van der Waals surface area contributed by atoms with E-state index < -0.39 is 6.10 Å². The van der Waals surface area contributed by atoms with Crippen LogP contribution in [0.25, 0.3) is 0 Å². The van der Waals surface area contributed by atoms with E-state index in [1.807, 2.05) is 0 Å². The average Bonchev–Trinajstić information content (AvgIpc) is 2.45. The lowest BCUT2D eigenvalue weighted by Gasteiger charge is -2.31.